The maximum absolute atomic E-state index is 11.3. The van der Waals surface area contributed by atoms with Crippen molar-refractivity contribution in [3.8, 4) is 0 Å². The van der Waals surface area contributed by atoms with Crippen molar-refractivity contribution in [2.24, 2.45) is 7.05 Å². The summed E-state index contributed by atoms with van der Waals surface area (Å²) in [4.78, 5) is 16.9. The summed E-state index contributed by atoms with van der Waals surface area (Å²) in [6, 6.07) is 6.17. The van der Waals surface area contributed by atoms with Crippen LogP contribution in [0.15, 0.2) is 29.2 Å². The lowest BCUT2D eigenvalue weighted by molar-refractivity contribution is 0.571. The Morgan fingerprint density at radius 2 is 2.19 bits per heavy atom. The van der Waals surface area contributed by atoms with Gasteiger partial charge in [0.2, 0.25) is 0 Å². The molecule has 0 radical (unpaired) electrons. The molecule has 3 aromatic rings. The van der Waals surface area contributed by atoms with Gasteiger partial charge >= 0.3 is 5.69 Å². The lowest BCUT2D eigenvalue weighted by Gasteiger charge is -2.24. The Morgan fingerprint density at radius 1 is 1.33 bits per heavy atom. The van der Waals surface area contributed by atoms with Gasteiger partial charge in [-0.3, -0.25) is 4.68 Å². The number of nitrogens with zero attached hydrogens (tertiary/aromatic N) is 2. The number of fused-ring (bicyclic) bond motifs is 2. The van der Waals surface area contributed by atoms with Crippen LogP contribution in [-0.4, -0.2) is 19.7 Å². The molecule has 2 aromatic heterocycles. The highest BCUT2D eigenvalue weighted by Gasteiger charge is 2.23. The van der Waals surface area contributed by atoms with E-state index in [1.807, 2.05) is 36.1 Å². The van der Waals surface area contributed by atoms with Crippen molar-refractivity contribution in [3.05, 3.63) is 46.1 Å². The van der Waals surface area contributed by atoms with Crippen molar-refractivity contribution < 1.29 is 0 Å². The lowest BCUT2D eigenvalue weighted by atomic mass is 9.93. The molecule has 6 nitrogen and oxygen atoms in total. The fourth-order valence-corrected chi connectivity index (χ4v) is 3.18. The topological polar surface area (TPSA) is 78.5 Å². The van der Waals surface area contributed by atoms with Crippen LogP contribution in [0.2, 0.25) is 0 Å². The maximum atomic E-state index is 11.3. The molecule has 3 N–H and O–H groups in total. The Balaban J connectivity index is 1.67. The SMILES string of the molecule is Cn1ncc2c1CCCC2Nc1ccc2[nH]c(=O)[nH]c2c1. The monoisotopic (exact) mass is 283 g/mol. The van der Waals surface area contributed by atoms with E-state index in [0.29, 0.717) is 0 Å². The Labute approximate surface area is 121 Å². The molecule has 1 atom stereocenters. The molecule has 0 aliphatic heterocycles. The van der Waals surface area contributed by atoms with Crippen molar-refractivity contribution in [2.75, 3.05) is 5.32 Å². The average molecular weight is 283 g/mol. The van der Waals surface area contributed by atoms with Gasteiger partial charge in [0.05, 0.1) is 23.3 Å². The van der Waals surface area contributed by atoms with Crippen molar-refractivity contribution in [1.82, 2.24) is 19.7 Å². The minimum atomic E-state index is -0.172. The third-order valence-corrected chi connectivity index (χ3v) is 4.23. The largest absolute Gasteiger partial charge is 0.378 e. The van der Waals surface area contributed by atoms with E-state index in [-0.39, 0.29) is 11.7 Å². The first-order valence-electron chi connectivity index (χ1n) is 7.20. The van der Waals surface area contributed by atoms with E-state index in [9.17, 15) is 4.79 Å². The van der Waals surface area contributed by atoms with E-state index in [2.05, 4.69) is 20.4 Å². The number of aryl methyl sites for hydroxylation is 1. The summed E-state index contributed by atoms with van der Waals surface area (Å²) < 4.78 is 1.97. The minimum Gasteiger partial charge on any atom is -0.378 e. The van der Waals surface area contributed by atoms with Crippen LogP contribution in [0, 0.1) is 0 Å². The average Bonchev–Trinajstić information content (AvgIpc) is 3.02. The van der Waals surface area contributed by atoms with Gasteiger partial charge in [0.1, 0.15) is 0 Å². The van der Waals surface area contributed by atoms with Crippen LogP contribution >= 0.6 is 0 Å². The van der Waals surface area contributed by atoms with Crippen molar-refractivity contribution in [3.63, 3.8) is 0 Å². The number of H-pyrrole nitrogens is 2. The fourth-order valence-electron chi connectivity index (χ4n) is 3.18. The molecule has 1 unspecified atom stereocenters. The Morgan fingerprint density at radius 3 is 3.10 bits per heavy atom. The first-order chi connectivity index (χ1) is 10.2. The zero-order valence-electron chi connectivity index (χ0n) is 11.8. The fraction of sp³-hybridized carbons (Fsp3) is 0.333. The second kappa shape index (κ2) is 4.51. The number of rotatable bonds is 2. The van der Waals surface area contributed by atoms with E-state index in [1.54, 1.807) is 0 Å². The normalized spacial score (nSPS) is 17.9. The van der Waals surface area contributed by atoms with E-state index < -0.39 is 0 Å². The summed E-state index contributed by atoms with van der Waals surface area (Å²) in [7, 11) is 2.00. The number of hydrogen-bond acceptors (Lipinski definition) is 3. The van der Waals surface area contributed by atoms with Crippen LogP contribution < -0.4 is 11.0 Å². The van der Waals surface area contributed by atoms with Gasteiger partial charge in [-0.25, -0.2) is 4.79 Å². The first kappa shape index (κ1) is 12.3. The molecule has 4 rings (SSSR count). The molecule has 0 bridgehead atoms. The van der Waals surface area contributed by atoms with Gasteiger partial charge in [0.25, 0.3) is 0 Å². The second-order valence-electron chi connectivity index (χ2n) is 5.60. The maximum Gasteiger partial charge on any atom is 0.323 e. The summed E-state index contributed by atoms with van der Waals surface area (Å²) in [6.07, 6.45) is 5.31. The predicted octanol–water partition coefficient (Wildman–Crippen LogP) is 2.08. The zero-order valence-corrected chi connectivity index (χ0v) is 11.8. The van der Waals surface area contributed by atoms with Crippen LogP contribution in [0.5, 0.6) is 0 Å². The molecular formula is C15H17N5O. The molecule has 2 heterocycles. The highest BCUT2D eigenvalue weighted by molar-refractivity contribution is 5.78. The second-order valence-corrected chi connectivity index (χ2v) is 5.60. The standard InChI is InChI=1S/C15H17N5O/c1-20-14-4-2-3-11(10(14)8-16-20)17-9-5-6-12-13(7-9)19-15(21)18-12/h5-8,11,17H,2-4H2,1H3,(H2,18,19,21). The molecule has 1 aliphatic rings. The number of benzene rings is 1. The van der Waals surface area contributed by atoms with Crippen LogP contribution in [-0.2, 0) is 13.5 Å². The summed E-state index contributed by atoms with van der Waals surface area (Å²) in [6.45, 7) is 0. The number of aromatic nitrogens is 4. The van der Waals surface area contributed by atoms with Crippen molar-refractivity contribution in [2.45, 2.75) is 25.3 Å². The summed E-state index contributed by atoms with van der Waals surface area (Å²) >= 11 is 0. The van der Waals surface area contributed by atoms with Crippen molar-refractivity contribution in [1.29, 1.82) is 0 Å². The molecule has 6 heteroatoms. The minimum absolute atomic E-state index is 0.172. The Bertz CT molecular complexity index is 856. The number of hydrogen-bond donors (Lipinski definition) is 3. The molecule has 1 aliphatic carbocycles. The van der Waals surface area contributed by atoms with Gasteiger partial charge in [0, 0.05) is 24.0 Å². The van der Waals surface area contributed by atoms with Gasteiger partial charge in [-0.15, -0.1) is 0 Å². The molecule has 1 aromatic carbocycles. The molecule has 0 fully saturated rings. The summed E-state index contributed by atoms with van der Waals surface area (Å²) in [5.74, 6) is 0. The van der Waals surface area contributed by atoms with E-state index in [0.717, 1.165) is 36.0 Å². The van der Waals surface area contributed by atoms with Gasteiger partial charge in [-0.1, -0.05) is 0 Å². The molecular weight excluding hydrogens is 266 g/mol. The van der Waals surface area contributed by atoms with Crippen LogP contribution in [0.4, 0.5) is 5.69 Å². The summed E-state index contributed by atoms with van der Waals surface area (Å²) in [5, 5.41) is 7.93. The number of anilines is 1. The third kappa shape index (κ3) is 2.03. The smallest absolute Gasteiger partial charge is 0.323 e. The number of nitrogens with one attached hydrogen (secondary N) is 3. The highest BCUT2D eigenvalue weighted by Crippen LogP contribution is 2.32. The third-order valence-electron chi connectivity index (χ3n) is 4.23. The van der Waals surface area contributed by atoms with Crippen LogP contribution in [0.25, 0.3) is 11.0 Å². The number of imidazole rings is 1. The van der Waals surface area contributed by atoms with E-state index in [1.165, 1.54) is 11.3 Å². The molecule has 0 saturated carbocycles. The molecule has 108 valence electrons. The van der Waals surface area contributed by atoms with Crippen molar-refractivity contribution >= 4 is 16.7 Å². The molecule has 21 heavy (non-hydrogen) atoms. The van der Waals surface area contributed by atoms with E-state index >= 15 is 0 Å². The van der Waals surface area contributed by atoms with Gasteiger partial charge in [0.15, 0.2) is 0 Å². The van der Waals surface area contributed by atoms with Gasteiger partial charge in [-0.2, -0.15) is 5.10 Å². The highest BCUT2D eigenvalue weighted by atomic mass is 16.1. The van der Waals surface area contributed by atoms with Gasteiger partial charge < -0.3 is 15.3 Å². The Kier molecular flexibility index (Phi) is 2.63. The predicted molar refractivity (Wildman–Crippen MR) is 81.4 cm³/mol. The van der Waals surface area contributed by atoms with E-state index in [4.69, 9.17) is 0 Å². The molecule has 0 saturated heterocycles. The molecule has 0 amide bonds. The zero-order chi connectivity index (χ0) is 14.4. The summed E-state index contributed by atoms with van der Waals surface area (Å²) in [5.41, 5.74) is 5.10. The lowest BCUT2D eigenvalue weighted by Crippen LogP contribution is -2.17. The van der Waals surface area contributed by atoms with Crippen LogP contribution in [0.1, 0.15) is 30.1 Å². The number of aromatic amines is 2. The first-order valence-corrected chi connectivity index (χ1v) is 7.20. The Hall–Kier alpha value is -2.50. The molecule has 0 spiro atoms. The quantitative estimate of drug-likeness (QED) is 0.673. The van der Waals surface area contributed by atoms with Gasteiger partial charge in [-0.05, 0) is 37.5 Å². The van der Waals surface area contributed by atoms with Crippen LogP contribution in [0.3, 0.4) is 0 Å².